The molecule has 0 aliphatic carbocycles. The number of fused-ring (bicyclic) bond motifs is 1. The fourth-order valence-corrected chi connectivity index (χ4v) is 1.50. The van der Waals surface area contributed by atoms with Crippen molar-refractivity contribution < 1.29 is 0 Å². The normalized spacial score (nSPS) is 18.6. The van der Waals surface area contributed by atoms with Crippen LogP contribution in [-0.2, 0) is 0 Å². The summed E-state index contributed by atoms with van der Waals surface area (Å²) >= 11 is 0. The molecule has 0 saturated heterocycles. The number of hydrogen-bond donors (Lipinski definition) is 1. The third kappa shape index (κ3) is 1.74. The number of rotatable bonds is 0. The molecule has 0 spiro atoms. The zero-order valence-electron chi connectivity index (χ0n) is 8.17. The Kier molecular flexibility index (Phi) is 1.87. The van der Waals surface area contributed by atoms with Gasteiger partial charge in [-0.15, -0.1) is 0 Å². The summed E-state index contributed by atoms with van der Waals surface area (Å²) in [6, 6.07) is 8.41. The Bertz CT molecular complexity index is 337. The lowest BCUT2D eigenvalue weighted by Crippen LogP contribution is -2.19. The molecule has 2 rings (SSSR count). The van der Waals surface area contributed by atoms with Crippen molar-refractivity contribution in [2.75, 3.05) is 11.9 Å². The van der Waals surface area contributed by atoms with Gasteiger partial charge in [0.1, 0.15) is 0 Å². The van der Waals surface area contributed by atoms with E-state index in [1.54, 1.807) is 0 Å². The van der Waals surface area contributed by atoms with Crippen LogP contribution in [0.5, 0.6) is 0 Å². The fraction of sp³-hybridized carbons (Fsp3) is 0.333. The van der Waals surface area contributed by atoms with E-state index in [4.69, 9.17) is 0 Å². The quantitative estimate of drug-likeness (QED) is 0.635. The van der Waals surface area contributed by atoms with E-state index in [0.29, 0.717) is 0 Å². The van der Waals surface area contributed by atoms with E-state index >= 15 is 0 Å². The monoisotopic (exact) mass is 173 g/mol. The highest BCUT2D eigenvalue weighted by Crippen LogP contribution is 2.27. The van der Waals surface area contributed by atoms with Crippen LogP contribution in [0.2, 0.25) is 0 Å². The van der Waals surface area contributed by atoms with Crippen molar-refractivity contribution in [1.29, 1.82) is 0 Å². The summed E-state index contributed by atoms with van der Waals surface area (Å²) in [7, 11) is 0. The molecular formula is C12H15N. The van der Waals surface area contributed by atoms with Gasteiger partial charge in [-0.05, 0) is 11.6 Å². The molecule has 0 fully saturated rings. The van der Waals surface area contributed by atoms with E-state index in [-0.39, 0.29) is 5.41 Å². The van der Waals surface area contributed by atoms with Gasteiger partial charge in [-0.1, -0.05) is 44.2 Å². The average molecular weight is 173 g/mol. The molecule has 1 aliphatic heterocycles. The van der Waals surface area contributed by atoms with Crippen molar-refractivity contribution in [3.05, 3.63) is 35.9 Å². The Balaban J connectivity index is 2.39. The number of nitrogens with one attached hydrogen (secondary N) is 1. The minimum atomic E-state index is 0.249. The van der Waals surface area contributed by atoms with Crippen molar-refractivity contribution in [1.82, 2.24) is 0 Å². The van der Waals surface area contributed by atoms with Crippen LogP contribution in [0.1, 0.15) is 19.4 Å². The summed E-state index contributed by atoms with van der Waals surface area (Å²) in [5, 5.41) is 3.45. The number of hydrogen-bond acceptors (Lipinski definition) is 1. The average Bonchev–Trinajstić information content (AvgIpc) is 2.27. The molecular weight excluding hydrogens is 158 g/mol. The van der Waals surface area contributed by atoms with Gasteiger partial charge in [0.2, 0.25) is 0 Å². The van der Waals surface area contributed by atoms with Crippen molar-refractivity contribution >= 4 is 11.8 Å². The number of anilines is 1. The van der Waals surface area contributed by atoms with Crippen molar-refractivity contribution in [2.24, 2.45) is 5.41 Å². The van der Waals surface area contributed by atoms with Gasteiger partial charge in [-0.25, -0.2) is 0 Å². The van der Waals surface area contributed by atoms with E-state index in [2.05, 4.69) is 55.6 Å². The Morgan fingerprint density at radius 2 is 2.00 bits per heavy atom. The molecule has 0 unspecified atom stereocenters. The smallest absolute Gasteiger partial charge is 0.0413 e. The molecule has 1 aromatic rings. The van der Waals surface area contributed by atoms with Gasteiger partial charge in [0.15, 0.2) is 0 Å². The molecule has 68 valence electrons. The summed E-state index contributed by atoms with van der Waals surface area (Å²) in [5.41, 5.74) is 2.77. The summed E-state index contributed by atoms with van der Waals surface area (Å²) in [6.07, 6.45) is 4.47. The summed E-state index contributed by atoms with van der Waals surface area (Å²) < 4.78 is 0. The maximum atomic E-state index is 3.45. The van der Waals surface area contributed by atoms with Gasteiger partial charge in [0, 0.05) is 17.6 Å². The second-order valence-corrected chi connectivity index (χ2v) is 4.26. The SMILES string of the molecule is CC1(C)C=Cc2ccccc2NC1. The lowest BCUT2D eigenvalue weighted by atomic mass is 9.93. The molecule has 1 N–H and O–H groups in total. The van der Waals surface area contributed by atoms with Crippen LogP contribution in [0.3, 0.4) is 0 Å². The molecule has 1 aliphatic rings. The minimum Gasteiger partial charge on any atom is -0.384 e. The molecule has 0 amide bonds. The van der Waals surface area contributed by atoms with Gasteiger partial charge in [-0.3, -0.25) is 0 Å². The zero-order valence-corrected chi connectivity index (χ0v) is 8.17. The van der Waals surface area contributed by atoms with E-state index < -0.39 is 0 Å². The summed E-state index contributed by atoms with van der Waals surface area (Å²) in [4.78, 5) is 0. The van der Waals surface area contributed by atoms with E-state index in [1.165, 1.54) is 11.3 Å². The highest BCUT2D eigenvalue weighted by molar-refractivity contribution is 5.68. The largest absolute Gasteiger partial charge is 0.384 e. The van der Waals surface area contributed by atoms with Crippen molar-refractivity contribution in [2.45, 2.75) is 13.8 Å². The van der Waals surface area contributed by atoms with Crippen LogP contribution in [0, 0.1) is 5.41 Å². The highest BCUT2D eigenvalue weighted by atomic mass is 14.9. The van der Waals surface area contributed by atoms with E-state index in [0.717, 1.165) is 6.54 Å². The van der Waals surface area contributed by atoms with E-state index in [9.17, 15) is 0 Å². The van der Waals surface area contributed by atoms with Crippen LogP contribution in [-0.4, -0.2) is 6.54 Å². The first kappa shape index (κ1) is 8.36. The van der Waals surface area contributed by atoms with Crippen LogP contribution >= 0.6 is 0 Å². The second kappa shape index (κ2) is 2.91. The lowest BCUT2D eigenvalue weighted by molar-refractivity contribution is 0.517. The van der Waals surface area contributed by atoms with Crippen LogP contribution in [0.15, 0.2) is 30.3 Å². The first-order valence-corrected chi connectivity index (χ1v) is 4.70. The molecule has 1 aromatic carbocycles. The molecule has 0 atom stereocenters. The Hall–Kier alpha value is -1.24. The van der Waals surface area contributed by atoms with Gasteiger partial charge in [0.05, 0.1) is 0 Å². The summed E-state index contributed by atoms with van der Waals surface area (Å²) in [6.45, 7) is 5.48. The molecule has 1 heteroatoms. The maximum Gasteiger partial charge on any atom is 0.0413 e. The first-order chi connectivity index (χ1) is 6.17. The molecule has 1 nitrogen and oxygen atoms in total. The van der Waals surface area contributed by atoms with Gasteiger partial charge in [0.25, 0.3) is 0 Å². The van der Waals surface area contributed by atoms with Crippen molar-refractivity contribution in [3.8, 4) is 0 Å². The number of para-hydroxylation sites is 1. The molecule has 0 bridgehead atoms. The van der Waals surface area contributed by atoms with Gasteiger partial charge in [-0.2, -0.15) is 0 Å². The third-order valence-corrected chi connectivity index (χ3v) is 2.41. The maximum absolute atomic E-state index is 3.45. The predicted molar refractivity (Wildman–Crippen MR) is 57.7 cm³/mol. The first-order valence-electron chi connectivity index (χ1n) is 4.70. The van der Waals surface area contributed by atoms with Crippen molar-refractivity contribution in [3.63, 3.8) is 0 Å². The van der Waals surface area contributed by atoms with Crippen LogP contribution < -0.4 is 5.32 Å². The number of benzene rings is 1. The van der Waals surface area contributed by atoms with Gasteiger partial charge < -0.3 is 5.32 Å². The highest BCUT2D eigenvalue weighted by Gasteiger charge is 2.16. The molecule has 0 aromatic heterocycles. The van der Waals surface area contributed by atoms with Crippen LogP contribution in [0.4, 0.5) is 5.69 Å². The minimum absolute atomic E-state index is 0.249. The topological polar surface area (TPSA) is 12.0 Å². The van der Waals surface area contributed by atoms with Gasteiger partial charge >= 0.3 is 0 Å². The molecule has 0 radical (unpaired) electrons. The Morgan fingerprint density at radius 1 is 1.23 bits per heavy atom. The zero-order chi connectivity index (χ0) is 9.31. The molecule has 1 heterocycles. The fourth-order valence-electron chi connectivity index (χ4n) is 1.50. The standard InChI is InChI=1S/C12H15N/c1-12(2)8-7-10-5-3-4-6-11(10)13-9-12/h3-8,13H,9H2,1-2H3. The molecule has 13 heavy (non-hydrogen) atoms. The second-order valence-electron chi connectivity index (χ2n) is 4.26. The predicted octanol–water partition coefficient (Wildman–Crippen LogP) is 3.15. The Labute approximate surface area is 79.5 Å². The molecule has 0 saturated carbocycles. The van der Waals surface area contributed by atoms with Crippen LogP contribution in [0.25, 0.3) is 6.08 Å². The van der Waals surface area contributed by atoms with E-state index in [1.807, 2.05) is 0 Å². The lowest BCUT2D eigenvalue weighted by Gasteiger charge is -2.19. The Morgan fingerprint density at radius 3 is 2.85 bits per heavy atom. The summed E-state index contributed by atoms with van der Waals surface area (Å²) in [5.74, 6) is 0. The third-order valence-electron chi connectivity index (χ3n) is 2.41.